The van der Waals surface area contributed by atoms with E-state index in [0.29, 0.717) is 6.07 Å². The molecule has 0 fully saturated rings. The number of carbonyl (C=O) groups is 2. The second-order valence-electron chi connectivity index (χ2n) is 6.94. The Morgan fingerprint density at radius 2 is 1.67 bits per heavy atom. The Morgan fingerprint density at radius 3 is 2.30 bits per heavy atom. The maximum Gasteiger partial charge on any atom is 0.416 e. The highest BCUT2D eigenvalue weighted by molar-refractivity contribution is 6.08. The van der Waals surface area contributed by atoms with E-state index < -0.39 is 46.3 Å². The number of aromatic nitrogens is 1. The fourth-order valence-corrected chi connectivity index (χ4v) is 3.06. The zero-order chi connectivity index (χ0) is 24.5. The largest absolute Gasteiger partial charge is 0.456 e. The van der Waals surface area contributed by atoms with Crippen molar-refractivity contribution in [2.45, 2.75) is 20.0 Å². The third-order valence-electron chi connectivity index (χ3n) is 4.74. The topological polar surface area (TPSA) is 94.3 Å². The lowest BCUT2D eigenvalue weighted by Crippen LogP contribution is -2.19. The first-order valence-electron chi connectivity index (χ1n) is 9.30. The molecular formula is C22H16F5N3O3. The normalized spacial score (nSPS) is 11.2. The molecule has 11 heteroatoms. The van der Waals surface area contributed by atoms with E-state index in [2.05, 4.69) is 10.3 Å². The summed E-state index contributed by atoms with van der Waals surface area (Å²) in [6.45, 7) is 2.29. The number of alkyl halides is 3. The molecule has 0 spiro atoms. The molecule has 2 amide bonds. The van der Waals surface area contributed by atoms with E-state index in [-0.39, 0.29) is 28.4 Å². The molecule has 0 aliphatic carbocycles. The number of halogens is 5. The van der Waals surface area contributed by atoms with E-state index in [9.17, 15) is 31.5 Å². The molecule has 0 bridgehead atoms. The second kappa shape index (κ2) is 8.85. The van der Waals surface area contributed by atoms with Crippen molar-refractivity contribution >= 4 is 17.5 Å². The summed E-state index contributed by atoms with van der Waals surface area (Å²) in [6, 6.07) is 5.94. The Morgan fingerprint density at radius 1 is 1.00 bits per heavy atom. The smallest absolute Gasteiger partial charge is 0.416 e. The van der Waals surface area contributed by atoms with E-state index in [1.807, 2.05) is 0 Å². The first-order valence-corrected chi connectivity index (χ1v) is 9.30. The van der Waals surface area contributed by atoms with Crippen LogP contribution in [0.2, 0.25) is 0 Å². The van der Waals surface area contributed by atoms with Gasteiger partial charge >= 0.3 is 6.18 Å². The summed E-state index contributed by atoms with van der Waals surface area (Å²) >= 11 is 0. The summed E-state index contributed by atoms with van der Waals surface area (Å²) in [7, 11) is 0. The lowest BCUT2D eigenvalue weighted by atomic mass is 9.99. The van der Waals surface area contributed by atoms with Crippen molar-refractivity contribution in [1.82, 2.24) is 4.98 Å². The summed E-state index contributed by atoms with van der Waals surface area (Å²) in [5.74, 6) is -4.73. The monoisotopic (exact) mass is 465 g/mol. The number of ether oxygens (including phenoxy) is 1. The van der Waals surface area contributed by atoms with Crippen LogP contribution in [0.15, 0.2) is 42.6 Å². The predicted octanol–water partition coefficient (Wildman–Crippen LogP) is 5.14. The number of benzene rings is 2. The van der Waals surface area contributed by atoms with Gasteiger partial charge in [-0.3, -0.25) is 14.6 Å². The molecule has 0 aliphatic heterocycles. The second-order valence-corrected chi connectivity index (χ2v) is 6.94. The predicted molar refractivity (Wildman–Crippen MR) is 108 cm³/mol. The van der Waals surface area contributed by atoms with Gasteiger partial charge < -0.3 is 15.8 Å². The average molecular weight is 465 g/mol. The van der Waals surface area contributed by atoms with Gasteiger partial charge in [-0.25, -0.2) is 8.78 Å². The van der Waals surface area contributed by atoms with Gasteiger partial charge in [0.1, 0.15) is 17.2 Å². The highest BCUT2D eigenvalue weighted by atomic mass is 19.4. The van der Waals surface area contributed by atoms with Crippen molar-refractivity contribution < 1.29 is 36.3 Å². The van der Waals surface area contributed by atoms with Crippen LogP contribution in [0.4, 0.5) is 27.6 Å². The molecule has 0 atom stereocenters. The number of nitrogens with one attached hydrogen (secondary N) is 1. The lowest BCUT2D eigenvalue weighted by molar-refractivity contribution is -0.138. The summed E-state index contributed by atoms with van der Waals surface area (Å²) in [5, 5.41) is 2.37. The van der Waals surface area contributed by atoms with Crippen molar-refractivity contribution in [2.24, 2.45) is 5.73 Å². The number of anilines is 1. The van der Waals surface area contributed by atoms with E-state index in [1.54, 1.807) is 0 Å². The number of pyridine rings is 1. The SMILES string of the molecule is Cc1c(Oc2ccc(C(F)(F)F)c(C)c2C(=O)Nc2ccnc(C(N)=O)c2)ccc(F)c1F. The van der Waals surface area contributed by atoms with Gasteiger partial charge in [0.15, 0.2) is 11.6 Å². The molecule has 2 aromatic carbocycles. The van der Waals surface area contributed by atoms with Crippen LogP contribution in [0.5, 0.6) is 11.5 Å². The number of carbonyl (C=O) groups excluding carboxylic acids is 2. The van der Waals surface area contributed by atoms with Crippen LogP contribution in [-0.2, 0) is 6.18 Å². The van der Waals surface area contributed by atoms with Crippen LogP contribution in [0.1, 0.15) is 37.5 Å². The number of nitrogens with two attached hydrogens (primary N) is 1. The molecule has 6 nitrogen and oxygen atoms in total. The van der Waals surface area contributed by atoms with Crippen molar-refractivity contribution in [3.05, 3.63) is 82.2 Å². The Bertz CT molecular complexity index is 1260. The Kier molecular flexibility index (Phi) is 6.34. The zero-order valence-corrected chi connectivity index (χ0v) is 17.2. The average Bonchev–Trinajstić information content (AvgIpc) is 2.73. The van der Waals surface area contributed by atoms with E-state index in [1.165, 1.54) is 19.2 Å². The van der Waals surface area contributed by atoms with E-state index >= 15 is 0 Å². The van der Waals surface area contributed by atoms with Gasteiger partial charge in [0.25, 0.3) is 11.8 Å². The number of hydrogen-bond acceptors (Lipinski definition) is 4. The quantitative estimate of drug-likeness (QED) is 0.511. The minimum Gasteiger partial charge on any atom is -0.456 e. The molecule has 0 unspecified atom stereocenters. The molecule has 3 N–H and O–H groups in total. The Hall–Kier alpha value is -4.02. The van der Waals surface area contributed by atoms with Crippen LogP contribution >= 0.6 is 0 Å². The molecule has 3 rings (SSSR count). The summed E-state index contributed by atoms with van der Waals surface area (Å²) < 4.78 is 73.2. The lowest BCUT2D eigenvalue weighted by Gasteiger charge is -2.19. The minimum absolute atomic E-state index is 0.0376. The van der Waals surface area contributed by atoms with Gasteiger partial charge in [0.05, 0.1) is 11.1 Å². The molecular weight excluding hydrogens is 449 g/mol. The fourth-order valence-electron chi connectivity index (χ4n) is 3.06. The van der Waals surface area contributed by atoms with Crippen LogP contribution in [0.25, 0.3) is 0 Å². The third-order valence-corrected chi connectivity index (χ3v) is 4.74. The molecule has 0 radical (unpaired) electrons. The van der Waals surface area contributed by atoms with Crippen LogP contribution in [-0.4, -0.2) is 16.8 Å². The third kappa shape index (κ3) is 4.92. The number of hydrogen-bond donors (Lipinski definition) is 2. The number of amides is 2. The van der Waals surface area contributed by atoms with Crippen molar-refractivity contribution in [1.29, 1.82) is 0 Å². The maximum absolute atomic E-state index is 13.9. The first-order chi connectivity index (χ1) is 15.4. The molecule has 0 saturated heterocycles. The van der Waals surface area contributed by atoms with Crippen molar-refractivity contribution in [2.75, 3.05) is 5.32 Å². The number of primary amides is 1. The highest BCUT2D eigenvalue weighted by Crippen LogP contribution is 2.38. The Balaban J connectivity index is 2.09. The molecule has 1 heterocycles. The van der Waals surface area contributed by atoms with E-state index in [0.717, 1.165) is 31.2 Å². The van der Waals surface area contributed by atoms with Gasteiger partial charge in [0, 0.05) is 17.4 Å². The molecule has 33 heavy (non-hydrogen) atoms. The van der Waals surface area contributed by atoms with Crippen LogP contribution in [0, 0.1) is 25.5 Å². The standard InChI is InChI=1S/C22H16F5N3O3/c1-10-13(22(25,26)27)3-5-17(33-16-6-4-14(23)19(24)11(16)2)18(10)21(32)30-12-7-8-29-15(9-12)20(28)31/h3-9H,1-2H3,(H2,28,31)(H,29,30,32). The van der Waals surface area contributed by atoms with Crippen LogP contribution in [0.3, 0.4) is 0 Å². The minimum atomic E-state index is -4.77. The van der Waals surface area contributed by atoms with Gasteiger partial charge in [0.2, 0.25) is 0 Å². The fraction of sp³-hybridized carbons (Fsp3) is 0.136. The van der Waals surface area contributed by atoms with E-state index in [4.69, 9.17) is 10.5 Å². The summed E-state index contributed by atoms with van der Waals surface area (Å²) in [5.41, 5.74) is 2.73. The maximum atomic E-state index is 13.9. The number of nitrogens with zero attached hydrogens (tertiary/aromatic N) is 1. The highest BCUT2D eigenvalue weighted by Gasteiger charge is 2.35. The van der Waals surface area contributed by atoms with Crippen molar-refractivity contribution in [3.8, 4) is 11.5 Å². The summed E-state index contributed by atoms with van der Waals surface area (Å²) in [4.78, 5) is 28.0. The first kappa shape index (κ1) is 23.6. The number of rotatable bonds is 5. The Labute approximate surface area is 184 Å². The molecule has 0 saturated carbocycles. The summed E-state index contributed by atoms with van der Waals surface area (Å²) in [6.07, 6.45) is -3.60. The van der Waals surface area contributed by atoms with Gasteiger partial charge in [-0.1, -0.05) is 0 Å². The van der Waals surface area contributed by atoms with Crippen LogP contribution < -0.4 is 15.8 Å². The molecule has 172 valence electrons. The van der Waals surface area contributed by atoms with Crippen molar-refractivity contribution in [3.63, 3.8) is 0 Å². The van der Waals surface area contributed by atoms with Gasteiger partial charge in [-0.05, 0) is 55.8 Å². The molecule has 1 aromatic heterocycles. The molecule has 0 aliphatic rings. The van der Waals surface area contributed by atoms with Gasteiger partial charge in [-0.2, -0.15) is 13.2 Å². The van der Waals surface area contributed by atoms with Gasteiger partial charge in [-0.15, -0.1) is 0 Å². The zero-order valence-electron chi connectivity index (χ0n) is 17.2. The molecule has 3 aromatic rings.